The molecule has 1 amide bonds. The minimum absolute atomic E-state index is 0.00122. The molecule has 2 atom stereocenters. The molecule has 0 bridgehead atoms. The molecule has 1 fully saturated rings. The van der Waals surface area contributed by atoms with Crippen molar-refractivity contribution in [3.63, 3.8) is 0 Å². The van der Waals surface area contributed by atoms with Crippen LogP contribution in [0.15, 0.2) is 12.1 Å². The van der Waals surface area contributed by atoms with Crippen LogP contribution in [0.25, 0.3) is 0 Å². The number of carbonyl (C=O) groups is 2. The van der Waals surface area contributed by atoms with E-state index >= 15 is 0 Å². The summed E-state index contributed by atoms with van der Waals surface area (Å²) in [6, 6.07) is 1.50. The molecular formula is C22H30ClF2NO5. The van der Waals surface area contributed by atoms with Crippen LogP contribution in [0.2, 0.25) is 5.02 Å². The Morgan fingerprint density at radius 1 is 1.13 bits per heavy atom. The van der Waals surface area contributed by atoms with Crippen molar-refractivity contribution < 1.29 is 32.6 Å². The minimum Gasteiger partial charge on any atom is -0.490 e. The Kier molecular flexibility index (Phi) is 7.79. The predicted molar refractivity (Wildman–Crippen MR) is 113 cm³/mol. The molecule has 31 heavy (non-hydrogen) atoms. The molecule has 0 spiro atoms. The van der Waals surface area contributed by atoms with Gasteiger partial charge >= 0.3 is 12.1 Å². The molecule has 1 aliphatic heterocycles. The van der Waals surface area contributed by atoms with E-state index in [1.54, 1.807) is 41.5 Å². The number of halogens is 3. The van der Waals surface area contributed by atoms with Gasteiger partial charge in [-0.3, -0.25) is 0 Å². The number of rotatable bonds is 4. The zero-order valence-electron chi connectivity index (χ0n) is 18.8. The van der Waals surface area contributed by atoms with Crippen molar-refractivity contribution in [1.82, 2.24) is 4.90 Å². The van der Waals surface area contributed by atoms with E-state index in [-0.39, 0.29) is 42.3 Å². The summed E-state index contributed by atoms with van der Waals surface area (Å²) in [6.45, 7) is 10.3. The van der Waals surface area contributed by atoms with Crippen LogP contribution < -0.4 is 4.74 Å². The number of hydrogen-bond acceptors (Lipinski definition) is 5. The second-order valence-electron chi connectivity index (χ2n) is 9.52. The predicted octanol–water partition coefficient (Wildman–Crippen LogP) is 5.55. The van der Waals surface area contributed by atoms with Gasteiger partial charge in [0.25, 0.3) is 0 Å². The van der Waals surface area contributed by atoms with Gasteiger partial charge in [-0.2, -0.15) is 0 Å². The van der Waals surface area contributed by atoms with Crippen molar-refractivity contribution in [1.29, 1.82) is 0 Å². The molecule has 2 rings (SSSR count). The van der Waals surface area contributed by atoms with E-state index in [1.807, 2.05) is 0 Å². The first kappa shape index (κ1) is 25.2. The molecule has 0 aliphatic carbocycles. The van der Waals surface area contributed by atoms with Crippen LogP contribution in [0.4, 0.5) is 13.6 Å². The Morgan fingerprint density at radius 2 is 1.74 bits per heavy atom. The number of amides is 1. The highest BCUT2D eigenvalue weighted by molar-refractivity contribution is 6.32. The van der Waals surface area contributed by atoms with Gasteiger partial charge < -0.3 is 19.1 Å². The van der Waals surface area contributed by atoms with Crippen LogP contribution in [0.3, 0.4) is 0 Å². The number of nitrogens with zero attached hydrogens (tertiary/aromatic N) is 1. The lowest BCUT2D eigenvalue weighted by Gasteiger charge is -2.37. The van der Waals surface area contributed by atoms with Gasteiger partial charge in [0, 0.05) is 19.0 Å². The lowest BCUT2D eigenvalue weighted by Crippen LogP contribution is -2.51. The van der Waals surface area contributed by atoms with Gasteiger partial charge in [-0.1, -0.05) is 11.6 Å². The number of hydrogen-bond donors (Lipinski definition) is 0. The third kappa shape index (κ3) is 7.52. The quantitative estimate of drug-likeness (QED) is 0.550. The van der Waals surface area contributed by atoms with E-state index in [2.05, 4.69) is 0 Å². The number of ether oxygens (including phenoxy) is 3. The molecular weight excluding hydrogens is 432 g/mol. The average molecular weight is 462 g/mol. The molecule has 1 aromatic carbocycles. The van der Waals surface area contributed by atoms with Crippen LogP contribution in [0, 0.1) is 5.82 Å². The van der Waals surface area contributed by atoms with E-state index in [0.717, 1.165) is 12.1 Å². The molecule has 1 saturated heterocycles. The Morgan fingerprint density at radius 3 is 2.32 bits per heavy atom. The number of alkyl halides is 1. The molecule has 0 saturated carbocycles. The van der Waals surface area contributed by atoms with E-state index in [1.165, 1.54) is 4.90 Å². The monoisotopic (exact) mass is 461 g/mol. The average Bonchev–Trinajstić information content (AvgIpc) is 2.59. The number of carbonyl (C=O) groups excluding carboxylic acids is 2. The second kappa shape index (κ2) is 9.59. The molecule has 6 nitrogen and oxygen atoms in total. The van der Waals surface area contributed by atoms with Crippen LogP contribution in [0.5, 0.6) is 5.75 Å². The van der Waals surface area contributed by atoms with Crippen LogP contribution >= 0.6 is 11.6 Å². The van der Waals surface area contributed by atoms with Gasteiger partial charge in [0.05, 0.1) is 16.6 Å². The lowest BCUT2D eigenvalue weighted by molar-refractivity contribution is -0.00558. The fourth-order valence-electron chi connectivity index (χ4n) is 3.04. The standard InChI is InChI=1S/C22H30ClF2NO5/c1-21(2,3)30-19(27)15-10-16(23)18(11-17(15)25)29-12-14-9-13(24)7-8-26(14)20(28)31-22(4,5)6/h10-11,13-14H,7-9,12H2,1-6H3. The summed E-state index contributed by atoms with van der Waals surface area (Å²) >= 11 is 6.17. The highest BCUT2D eigenvalue weighted by atomic mass is 35.5. The first-order chi connectivity index (χ1) is 14.2. The Bertz CT molecular complexity index is 819. The Hall–Kier alpha value is -2.09. The summed E-state index contributed by atoms with van der Waals surface area (Å²) in [7, 11) is 0. The molecule has 174 valence electrons. The Labute approximate surface area is 186 Å². The largest absolute Gasteiger partial charge is 0.490 e. The highest BCUT2D eigenvalue weighted by Gasteiger charge is 2.35. The molecule has 0 aromatic heterocycles. The van der Waals surface area contributed by atoms with Crippen molar-refractivity contribution in [2.75, 3.05) is 13.2 Å². The summed E-state index contributed by atoms with van der Waals surface area (Å²) in [4.78, 5) is 26.1. The third-order valence-corrected chi connectivity index (χ3v) is 4.65. The first-order valence-corrected chi connectivity index (χ1v) is 10.5. The molecule has 0 N–H and O–H groups in total. The van der Waals surface area contributed by atoms with Gasteiger partial charge in [-0.05, 0) is 54.0 Å². The van der Waals surface area contributed by atoms with Gasteiger partial charge in [-0.25, -0.2) is 18.4 Å². The molecule has 2 unspecified atom stereocenters. The van der Waals surface area contributed by atoms with E-state index in [0.29, 0.717) is 0 Å². The van der Waals surface area contributed by atoms with Crippen molar-refractivity contribution in [2.45, 2.75) is 77.8 Å². The maximum Gasteiger partial charge on any atom is 0.410 e. The summed E-state index contributed by atoms with van der Waals surface area (Å²) < 4.78 is 44.6. The van der Waals surface area contributed by atoms with Crippen LogP contribution in [-0.2, 0) is 9.47 Å². The summed E-state index contributed by atoms with van der Waals surface area (Å²) in [5, 5.41) is -0.00122. The number of benzene rings is 1. The number of esters is 1. The number of piperidine rings is 1. The van der Waals surface area contributed by atoms with Gasteiger partial charge in [0.15, 0.2) is 0 Å². The normalized spacial score (nSPS) is 19.7. The topological polar surface area (TPSA) is 65.1 Å². The van der Waals surface area contributed by atoms with Crippen molar-refractivity contribution in [3.05, 3.63) is 28.5 Å². The fourth-order valence-corrected chi connectivity index (χ4v) is 3.25. The molecule has 1 aromatic rings. The smallest absolute Gasteiger partial charge is 0.410 e. The van der Waals surface area contributed by atoms with Gasteiger partial charge in [0.1, 0.15) is 35.5 Å². The van der Waals surface area contributed by atoms with Crippen LogP contribution in [0.1, 0.15) is 64.7 Å². The molecule has 9 heteroatoms. The van der Waals surface area contributed by atoms with Crippen molar-refractivity contribution in [2.24, 2.45) is 0 Å². The Balaban J connectivity index is 2.13. The second-order valence-corrected chi connectivity index (χ2v) is 9.93. The van der Waals surface area contributed by atoms with E-state index in [4.69, 9.17) is 25.8 Å². The molecule has 0 radical (unpaired) electrons. The molecule has 1 aliphatic rings. The zero-order chi connectivity index (χ0) is 23.6. The molecule has 1 heterocycles. The fraction of sp³-hybridized carbons (Fsp3) is 0.636. The van der Waals surface area contributed by atoms with E-state index in [9.17, 15) is 18.4 Å². The van der Waals surface area contributed by atoms with Gasteiger partial charge in [0.2, 0.25) is 0 Å². The zero-order valence-corrected chi connectivity index (χ0v) is 19.5. The third-order valence-electron chi connectivity index (χ3n) is 4.35. The van der Waals surface area contributed by atoms with Gasteiger partial charge in [-0.15, -0.1) is 0 Å². The summed E-state index contributed by atoms with van der Waals surface area (Å²) in [5.74, 6) is -1.72. The minimum atomic E-state index is -1.09. The van der Waals surface area contributed by atoms with Crippen molar-refractivity contribution >= 4 is 23.7 Å². The van der Waals surface area contributed by atoms with E-state index < -0.39 is 41.3 Å². The summed E-state index contributed by atoms with van der Waals surface area (Å²) in [6.07, 6.45) is -1.38. The highest BCUT2D eigenvalue weighted by Crippen LogP contribution is 2.30. The maximum absolute atomic E-state index is 14.5. The van der Waals surface area contributed by atoms with Crippen molar-refractivity contribution in [3.8, 4) is 5.75 Å². The maximum atomic E-state index is 14.5. The van der Waals surface area contributed by atoms with Crippen LogP contribution in [-0.4, -0.2) is 53.5 Å². The summed E-state index contributed by atoms with van der Waals surface area (Å²) in [5.41, 5.74) is -1.80. The number of likely N-dealkylation sites (tertiary alicyclic amines) is 1. The lowest BCUT2D eigenvalue weighted by atomic mass is 10.0. The first-order valence-electron chi connectivity index (χ1n) is 10.1. The SMILES string of the molecule is CC(C)(C)OC(=O)c1cc(Cl)c(OCC2CC(F)CCN2C(=O)OC(C)(C)C)cc1F.